The van der Waals surface area contributed by atoms with Gasteiger partial charge < -0.3 is 35.4 Å². The van der Waals surface area contributed by atoms with Crippen LogP contribution in [0.1, 0.15) is 84.1 Å². The molecule has 4 fully saturated rings. The molecule has 3 heterocycles. The van der Waals surface area contributed by atoms with Crippen LogP contribution in [-0.4, -0.2) is 119 Å². The quantitative estimate of drug-likeness (QED) is 0.266. The number of ether oxygens (including phenoxy) is 1. The highest BCUT2D eigenvalue weighted by molar-refractivity contribution is 5.98. The van der Waals surface area contributed by atoms with Crippen molar-refractivity contribution >= 4 is 41.4 Å². The summed E-state index contributed by atoms with van der Waals surface area (Å²) in [6.45, 7) is 4.61. The van der Waals surface area contributed by atoms with Crippen molar-refractivity contribution in [1.82, 2.24) is 30.7 Å². The van der Waals surface area contributed by atoms with Gasteiger partial charge >= 0.3 is 5.97 Å². The fraction of sp³-hybridized carbons (Fsp3) is 0.625. The van der Waals surface area contributed by atoms with Crippen molar-refractivity contribution in [2.45, 2.75) is 121 Å². The highest BCUT2D eigenvalue weighted by Gasteiger charge is 2.45. The fourth-order valence-electron chi connectivity index (χ4n) is 8.07. The van der Waals surface area contributed by atoms with Crippen LogP contribution >= 0.6 is 0 Å². The van der Waals surface area contributed by atoms with Gasteiger partial charge in [0.25, 0.3) is 0 Å². The number of amides is 6. The first-order valence-electron chi connectivity index (χ1n) is 19.7. The summed E-state index contributed by atoms with van der Waals surface area (Å²) in [5.74, 6) is -6.38. The van der Waals surface area contributed by atoms with Gasteiger partial charge in [-0.3, -0.25) is 28.8 Å². The molecule has 14 nitrogen and oxygen atoms in total. The van der Waals surface area contributed by atoms with Gasteiger partial charge in [-0.05, 0) is 81.6 Å². The van der Waals surface area contributed by atoms with E-state index in [9.17, 15) is 42.3 Å². The lowest BCUT2D eigenvalue weighted by Gasteiger charge is -2.34. The second-order valence-electron chi connectivity index (χ2n) is 15.6. The second kappa shape index (κ2) is 18.8. The van der Waals surface area contributed by atoms with Gasteiger partial charge in [-0.2, -0.15) is 0 Å². The maximum atomic E-state index is 14.4. The van der Waals surface area contributed by atoms with Crippen LogP contribution in [0.25, 0.3) is 0 Å². The van der Waals surface area contributed by atoms with E-state index in [4.69, 9.17) is 4.74 Å². The second-order valence-corrected chi connectivity index (χ2v) is 15.6. The van der Waals surface area contributed by atoms with E-state index >= 15 is 0 Å². The van der Waals surface area contributed by atoms with Crippen molar-refractivity contribution in [2.75, 3.05) is 26.7 Å². The smallest absolute Gasteiger partial charge is 0.328 e. The molecular weight excluding hydrogens is 730 g/mol. The summed E-state index contributed by atoms with van der Waals surface area (Å²) >= 11 is 0. The topological polar surface area (TPSA) is 175 Å². The first-order chi connectivity index (χ1) is 26.7. The Balaban J connectivity index is 1.45. The Morgan fingerprint density at radius 3 is 2.30 bits per heavy atom. The lowest BCUT2D eigenvalue weighted by Crippen LogP contribution is -2.60. The number of hydrogen-bond donors (Lipinski definition) is 3. The summed E-state index contributed by atoms with van der Waals surface area (Å²) in [4.78, 5) is 100.0. The van der Waals surface area contributed by atoms with E-state index in [1.807, 2.05) is 6.92 Å². The van der Waals surface area contributed by atoms with Crippen LogP contribution in [0.3, 0.4) is 0 Å². The van der Waals surface area contributed by atoms with E-state index < -0.39 is 95.9 Å². The number of likely N-dealkylation sites (N-methyl/N-ethyl adjacent to an activating group) is 1. The van der Waals surface area contributed by atoms with Crippen LogP contribution in [0.2, 0.25) is 0 Å². The number of carbonyl (C=O) groups is 7. The van der Waals surface area contributed by atoms with Gasteiger partial charge in [0.15, 0.2) is 0 Å². The zero-order valence-electron chi connectivity index (χ0n) is 32.6. The maximum absolute atomic E-state index is 14.4. The molecule has 4 aliphatic rings. The van der Waals surface area contributed by atoms with E-state index in [0.717, 1.165) is 44.2 Å². The molecule has 1 aliphatic carbocycles. The van der Waals surface area contributed by atoms with E-state index in [1.165, 1.54) is 41.7 Å². The molecule has 0 spiro atoms. The van der Waals surface area contributed by atoms with Crippen molar-refractivity contribution in [1.29, 1.82) is 0 Å². The Morgan fingerprint density at radius 1 is 0.929 bits per heavy atom. The number of benzene rings is 1. The molecule has 0 aromatic heterocycles. The molecule has 16 heteroatoms. The van der Waals surface area contributed by atoms with Crippen LogP contribution < -0.4 is 16.0 Å². The average Bonchev–Trinajstić information content (AvgIpc) is 3.85. The normalized spacial score (nSPS) is 27.8. The van der Waals surface area contributed by atoms with Crippen molar-refractivity contribution in [3.05, 3.63) is 47.5 Å². The van der Waals surface area contributed by atoms with Gasteiger partial charge in [0.2, 0.25) is 35.4 Å². The molecule has 0 radical (unpaired) electrons. The monoisotopic (exact) mass is 784 g/mol. The maximum Gasteiger partial charge on any atom is 0.328 e. The summed E-state index contributed by atoms with van der Waals surface area (Å²) in [6.07, 6.45) is 9.41. The Kier molecular flexibility index (Phi) is 14.2. The van der Waals surface area contributed by atoms with Crippen LogP contribution in [0.5, 0.6) is 0 Å². The molecule has 56 heavy (non-hydrogen) atoms. The highest BCUT2D eigenvalue weighted by Crippen LogP contribution is 2.28. The third-order valence-corrected chi connectivity index (χ3v) is 11.5. The first kappa shape index (κ1) is 42.3. The molecule has 1 aromatic carbocycles. The molecule has 306 valence electrons. The summed E-state index contributed by atoms with van der Waals surface area (Å²) in [5.41, 5.74) is 0.0621. The van der Waals surface area contributed by atoms with Gasteiger partial charge in [-0.15, -0.1) is 0 Å². The summed E-state index contributed by atoms with van der Waals surface area (Å²) in [5, 5.41) is 7.87. The Hall–Kier alpha value is -4.89. The van der Waals surface area contributed by atoms with Gasteiger partial charge in [0.1, 0.15) is 54.5 Å². The molecule has 7 atom stereocenters. The number of cyclic esters (lactones) is 1. The lowest BCUT2D eigenvalue weighted by atomic mass is 9.89. The molecule has 3 N–H and O–H groups in total. The number of rotatable bonds is 8. The first-order valence-corrected chi connectivity index (χ1v) is 19.7. The van der Waals surface area contributed by atoms with Crippen molar-refractivity contribution < 1.29 is 47.1 Å². The molecule has 0 unspecified atom stereocenters. The van der Waals surface area contributed by atoms with Gasteiger partial charge in [-0.25, -0.2) is 13.6 Å². The number of hydrogen-bond acceptors (Lipinski definition) is 8. The summed E-state index contributed by atoms with van der Waals surface area (Å²) in [7, 11) is 1.43. The Morgan fingerprint density at radius 2 is 1.62 bits per heavy atom. The van der Waals surface area contributed by atoms with Gasteiger partial charge in [0, 0.05) is 32.6 Å². The van der Waals surface area contributed by atoms with Crippen molar-refractivity contribution in [3.63, 3.8) is 0 Å². The minimum Gasteiger partial charge on any atom is -0.461 e. The lowest BCUT2D eigenvalue weighted by molar-refractivity contribution is -0.158. The molecule has 5 rings (SSSR count). The molecule has 6 amide bonds. The van der Waals surface area contributed by atoms with E-state index in [1.54, 1.807) is 6.08 Å². The Labute approximate surface area is 326 Å². The molecule has 3 aliphatic heterocycles. The third-order valence-electron chi connectivity index (χ3n) is 11.5. The molecule has 3 saturated heterocycles. The van der Waals surface area contributed by atoms with E-state index in [-0.39, 0.29) is 49.8 Å². The number of nitrogens with one attached hydrogen (secondary N) is 3. The number of allylic oxidation sites excluding steroid dienone is 1. The summed E-state index contributed by atoms with van der Waals surface area (Å²) in [6, 6.07) is -4.35. The number of carbonyl (C=O) groups excluding carboxylic acids is 7. The van der Waals surface area contributed by atoms with Crippen molar-refractivity contribution in [3.8, 4) is 0 Å². The van der Waals surface area contributed by atoms with Crippen molar-refractivity contribution in [2.24, 2.45) is 11.8 Å². The minimum atomic E-state index is -1.56. The van der Waals surface area contributed by atoms with Gasteiger partial charge in [0.05, 0.1) is 0 Å². The van der Waals surface area contributed by atoms with E-state index in [0.29, 0.717) is 18.9 Å². The van der Waals surface area contributed by atoms with E-state index in [2.05, 4.69) is 16.0 Å². The molecule has 0 bridgehead atoms. The minimum absolute atomic E-state index is 0.0455. The van der Waals surface area contributed by atoms with Crippen LogP contribution in [-0.2, 0) is 44.7 Å². The summed E-state index contributed by atoms with van der Waals surface area (Å²) < 4.78 is 34.2. The van der Waals surface area contributed by atoms with Crippen LogP contribution in [0.15, 0.2) is 30.4 Å². The molecular formula is C40H54F2N6O8. The van der Waals surface area contributed by atoms with Crippen LogP contribution in [0.4, 0.5) is 8.78 Å². The molecule has 1 saturated carbocycles. The number of esters is 1. The number of halogens is 2. The molecule has 1 aromatic rings. The zero-order chi connectivity index (χ0) is 40.7. The zero-order valence-corrected chi connectivity index (χ0v) is 32.6. The fourth-order valence-corrected chi connectivity index (χ4v) is 8.07. The highest BCUT2D eigenvalue weighted by atomic mass is 19.1. The Bertz CT molecular complexity index is 1680. The average molecular weight is 785 g/mol. The number of nitrogens with zero attached hydrogens (tertiary/aromatic N) is 3. The largest absolute Gasteiger partial charge is 0.461 e. The predicted molar refractivity (Wildman–Crippen MR) is 199 cm³/mol. The predicted octanol–water partition coefficient (Wildman–Crippen LogP) is 2.14. The SMILES string of the molecule is CC[C@@H]1C[C@H]2C(=O)OC[C@H](NC(=O)[C@H](Cc3cc(F)cc(F)c3)NC(=O)/C=C/C3CCCCC3)C(=O)N3CCC[C@H]3C(=O)N(C)[C@@H](C)C(=O)N[C@@H](C)C(=O)N2C1. The third kappa shape index (κ3) is 10.3. The van der Waals surface area contributed by atoms with Crippen LogP contribution in [0, 0.1) is 23.5 Å². The standard InChI is InChI=1S/C40H54F2N6O8/c1-5-25-19-33-40(55)56-22-31(38(53)47-15-9-12-32(47)39(54)46(4)24(3)35(50)43-23(2)37(52)48(33)21-25)45-36(51)30(18-27-16-28(41)20-29(42)17-27)44-34(49)14-13-26-10-7-6-8-11-26/h13-14,16-17,20,23-26,30-33H,5-12,15,18-19,21-22H2,1-4H3,(H,43,50)(H,44,49)(H,45,51)/b14-13+/t23-,24-,25+,30-,31-,32-,33-/m0/s1. The van der Waals surface area contributed by atoms with Gasteiger partial charge in [-0.1, -0.05) is 38.7 Å². The number of fused-ring (bicyclic) bond motifs is 2.